The molecule has 2 aromatic rings. The summed E-state index contributed by atoms with van der Waals surface area (Å²) in [5.74, 6) is -0.0422. The van der Waals surface area contributed by atoms with Crippen LogP contribution in [-0.2, 0) is 4.79 Å². The van der Waals surface area contributed by atoms with Gasteiger partial charge in [-0.05, 0) is 24.1 Å². The van der Waals surface area contributed by atoms with E-state index in [2.05, 4.69) is 10.3 Å². The minimum atomic E-state index is -0.110. The Morgan fingerprint density at radius 3 is 2.68 bits per heavy atom. The van der Waals surface area contributed by atoms with Gasteiger partial charge in [-0.2, -0.15) is 0 Å². The maximum Gasteiger partial charge on any atom is 0.224 e. The molecule has 0 aliphatic carbocycles. The van der Waals surface area contributed by atoms with Gasteiger partial charge in [0.15, 0.2) is 0 Å². The highest BCUT2D eigenvalue weighted by Gasteiger charge is 2.09. The van der Waals surface area contributed by atoms with Crippen molar-refractivity contribution < 1.29 is 4.79 Å². The van der Waals surface area contributed by atoms with Gasteiger partial charge in [-0.3, -0.25) is 9.78 Å². The van der Waals surface area contributed by atoms with Crippen molar-refractivity contribution in [3.05, 3.63) is 60.4 Å². The molecule has 0 radical (unpaired) electrons. The molecular formula is C15H17N3O. The van der Waals surface area contributed by atoms with Crippen molar-refractivity contribution in [3.63, 3.8) is 0 Å². The molecule has 0 saturated carbocycles. The highest BCUT2D eigenvalue weighted by Crippen LogP contribution is 2.15. The van der Waals surface area contributed by atoms with E-state index in [1.807, 2.05) is 36.4 Å². The predicted molar refractivity (Wildman–Crippen MR) is 75.5 cm³/mol. The minimum absolute atomic E-state index is 0.0422. The van der Waals surface area contributed by atoms with Gasteiger partial charge in [0.25, 0.3) is 0 Å². The molecule has 1 aromatic carbocycles. The van der Waals surface area contributed by atoms with Gasteiger partial charge < -0.3 is 11.1 Å². The first-order valence-electron chi connectivity index (χ1n) is 6.26. The van der Waals surface area contributed by atoms with E-state index in [1.54, 1.807) is 18.5 Å². The van der Waals surface area contributed by atoms with E-state index in [0.717, 1.165) is 5.56 Å². The lowest BCUT2D eigenvalue weighted by Crippen LogP contribution is -2.16. The average molecular weight is 255 g/mol. The molecule has 1 atom stereocenters. The van der Waals surface area contributed by atoms with Crippen LogP contribution < -0.4 is 11.1 Å². The summed E-state index contributed by atoms with van der Waals surface area (Å²) in [6.07, 6.45) is 4.30. The molecule has 1 heterocycles. The lowest BCUT2D eigenvalue weighted by atomic mass is 10.0. The summed E-state index contributed by atoms with van der Waals surface area (Å²) >= 11 is 0. The van der Waals surface area contributed by atoms with Gasteiger partial charge in [0.2, 0.25) is 5.91 Å². The summed E-state index contributed by atoms with van der Waals surface area (Å²) in [4.78, 5) is 15.7. The number of anilines is 1. The van der Waals surface area contributed by atoms with Gasteiger partial charge in [-0.25, -0.2) is 0 Å². The molecular weight excluding hydrogens is 238 g/mol. The second kappa shape index (κ2) is 6.66. The number of pyridine rings is 1. The SMILES string of the molecule is NC(CCC(=O)Nc1cccnc1)c1ccccc1. The summed E-state index contributed by atoms with van der Waals surface area (Å²) < 4.78 is 0. The van der Waals surface area contributed by atoms with Crippen LogP contribution >= 0.6 is 0 Å². The highest BCUT2D eigenvalue weighted by atomic mass is 16.1. The van der Waals surface area contributed by atoms with Crippen molar-refractivity contribution >= 4 is 11.6 Å². The minimum Gasteiger partial charge on any atom is -0.325 e. The smallest absolute Gasteiger partial charge is 0.224 e. The number of amides is 1. The quantitative estimate of drug-likeness (QED) is 0.862. The Morgan fingerprint density at radius 1 is 1.21 bits per heavy atom. The van der Waals surface area contributed by atoms with Gasteiger partial charge in [-0.15, -0.1) is 0 Å². The van der Waals surface area contributed by atoms with E-state index >= 15 is 0 Å². The van der Waals surface area contributed by atoms with E-state index in [1.165, 1.54) is 0 Å². The molecule has 1 unspecified atom stereocenters. The van der Waals surface area contributed by atoms with Crippen LogP contribution in [0.1, 0.15) is 24.4 Å². The van der Waals surface area contributed by atoms with Crippen LogP contribution in [0.5, 0.6) is 0 Å². The van der Waals surface area contributed by atoms with E-state index in [0.29, 0.717) is 18.5 Å². The van der Waals surface area contributed by atoms with Crippen LogP contribution in [0.4, 0.5) is 5.69 Å². The molecule has 0 aliphatic heterocycles. The third kappa shape index (κ3) is 4.19. The number of benzene rings is 1. The van der Waals surface area contributed by atoms with Crippen LogP contribution in [-0.4, -0.2) is 10.9 Å². The van der Waals surface area contributed by atoms with Crippen molar-refractivity contribution in [1.82, 2.24) is 4.98 Å². The van der Waals surface area contributed by atoms with Gasteiger partial charge >= 0.3 is 0 Å². The zero-order valence-electron chi connectivity index (χ0n) is 10.6. The second-order valence-electron chi connectivity index (χ2n) is 4.35. The lowest BCUT2D eigenvalue weighted by molar-refractivity contribution is -0.116. The van der Waals surface area contributed by atoms with Crippen LogP contribution in [0.25, 0.3) is 0 Å². The Labute approximate surface area is 112 Å². The number of nitrogens with zero attached hydrogens (tertiary/aromatic N) is 1. The largest absolute Gasteiger partial charge is 0.325 e. The molecule has 4 heteroatoms. The summed E-state index contributed by atoms with van der Waals surface area (Å²) in [5.41, 5.74) is 7.81. The zero-order valence-corrected chi connectivity index (χ0v) is 10.6. The summed E-state index contributed by atoms with van der Waals surface area (Å²) in [7, 11) is 0. The van der Waals surface area contributed by atoms with E-state index in [-0.39, 0.29) is 11.9 Å². The van der Waals surface area contributed by atoms with Crippen LogP contribution in [0.2, 0.25) is 0 Å². The molecule has 1 amide bonds. The first-order valence-corrected chi connectivity index (χ1v) is 6.26. The maximum absolute atomic E-state index is 11.8. The summed E-state index contributed by atoms with van der Waals surface area (Å²) in [6, 6.07) is 13.3. The highest BCUT2D eigenvalue weighted by molar-refractivity contribution is 5.90. The van der Waals surface area contributed by atoms with Gasteiger partial charge in [-0.1, -0.05) is 30.3 Å². The van der Waals surface area contributed by atoms with Crippen molar-refractivity contribution in [2.45, 2.75) is 18.9 Å². The average Bonchev–Trinajstić information content (AvgIpc) is 2.47. The number of hydrogen-bond donors (Lipinski definition) is 2. The normalized spacial score (nSPS) is 11.8. The number of hydrogen-bond acceptors (Lipinski definition) is 3. The van der Waals surface area contributed by atoms with E-state index in [4.69, 9.17) is 5.73 Å². The fourth-order valence-electron chi connectivity index (χ4n) is 1.81. The number of carbonyl (C=O) groups excluding carboxylic acids is 1. The Hall–Kier alpha value is -2.20. The van der Waals surface area contributed by atoms with Gasteiger partial charge in [0.05, 0.1) is 11.9 Å². The number of nitrogens with one attached hydrogen (secondary N) is 1. The molecule has 3 N–H and O–H groups in total. The Balaban J connectivity index is 1.81. The first-order chi connectivity index (χ1) is 9.25. The molecule has 0 saturated heterocycles. The summed E-state index contributed by atoms with van der Waals surface area (Å²) in [6.45, 7) is 0. The van der Waals surface area contributed by atoms with Crippen LogP contribution in [0.15, 0.2) is 54.9 Å². The predicted octanol–water partition coefficient (Wildman–Crippen LogP) is 2.50. The molecule has 0 spiro atoms. The topological polar surface area (TPSA) is 68.0 Å². The van der Waals surface area contributed by atoms with Gasteiger partial charge in [0, 0.05) is 18.7 Å². The number of rotatable bonds is 5. The number of nitrogens with two attached hydrogens (primary N) is 1. The van der Waals surface area contributed by atoms with Crippen molar-refractivity contribution in [2.24, 2.45) is 5.73 Å². The Bertz CT molecular complexity index is 513. The van der Waals surface area contributed by atoms with Crippen LogP contribution in [0, 0.1) is 0 Å². The zero-order chi connectivity index (χ0) is 13.5. The number of aromatic nitrogens is 1. The van der Waals surface area contributed by atoms with Crippen LogP contribution in [0.3, 0.4) is 0 Å². The number of carbonyl (C=O) groups is 1. The monoisotopic (exact) mass is 255 g/mol. The fourth-order valence-corrected chi connectivity index (χ4v) is 1.81. The molecule has 0 fully saturated rings. The van der Waals surface area contributed by atoms with E-state index in [9.17, 15) is 4.79 Å². The standard InChI is InChI=1S/C15H17N3O/c16-14(12-5-2-1-3-6-12)8-9-15(19)18-13-7-4-10-17-11-13/h1-7,10-11,14H,8-9,16H2,(H,18,19). The molecule has 0 bridgehead atoms. The molecule has 19 heavy (non-hydrogen) atoms. The third-order valence-electron chi connectivity index (χ3n) is 2.86. The maximum atomic E-state index is 11.8. The molecule has 2 rings (SSSR count). The first kappa shape index (κ1) is 13.2. The Kier molecular flexibility index (Phi) is 4.64. The molecule has 0 aliphatic rings. The third-order valence-corrected chi connectivity index (χ3v) is 2.86. The molecule has 98 valence electrons. The molecule has 4 nitrogen and oxygen atoms in total. The lowest BCUT2D eigenvalue weighted by Gasteiger charge is -2.11. The fraction of sp³-hybridized carbons (Fsp3) is 0.200. The van der Waals surface area contributed by atoms with Crippen molar-refractivity contribution in [2.75, 3.05) is 5.32 Å². The summed E-state index contributed by atoms with van der Waals surface area (Å²) in [5, 5.41) is 2.79. The van der Waals surface area contributed by atoms with Gasteiger partial charge in [0.1, 0.15) is 0 Å². The van der Waals surface area contributed by atoms with Crippen molar-refractivity contribution in [1.29, 1.82) is 0 Å². The molecule has 1 aromatic heterocycles. The Morgan fingerprint density at radius 2 is 2.00 bits per heavy atom. The second-order valence-corrected chi connectivity index (χ2v) is 4.35. The van der Waals surface area contributed by atoms with E-state index < -0.39 is 0 Å². The van der Waals surface area contributed by atoms with Crippen molar-refractivity contribution in [3.8, 4) is 0 Å².